The van der Waals surface area contributed by atoms with Crippen molar-refractivity contribution in [3.05, 3.63) is 77.3 Å². The van der Waals surface area contributed by atoms with Crippen LogP contribution in [0, 0.1) is 11.3 Å². The third-order valence-electron chi connectivity index (χ3n) is 6.11. The van der Waals surface area contributed by atoms with Crippen molar-refractivity contribution in [1.82, 2.24) is 9.21 Å². The quantitative estimate of drug-likeness (QED) is 0.486. The molecule has 0 bridgehead atoms. The highest BCUT2D eigenvalue weighted by Gasteiger charge is 2.35. The molecule has 1 saturated heterocycles. The largest absolute Gasteiger partial charge is 0.485 e. The van der Waals surface area contributed by atoms with Crippen molar-refractivity contribution in [3.63, 3.8) is 0 Å². The van der Waals surface area contributed by atoms with Crippen LogP contribution in [0.2, 0.25) is 5.02 Å². The van der Waals surface area contributed by atoms with E-state index < -0.39 is 16.1 Å². The lowest BCUT2D eigenvalue weighted by Crippen LogP contribution is -2.55. The van der Waals surface area contributed by atoms with E-state index in [-0.39, 0.29) is 59.9 Å². The Morgan fingerprint density at radius 1 is 0.973 bits per heavy atom. The van der Waals surface area contributed by atoms with Gasteiger partial charge >= 0.3 is 0 Å². The summed E-state index contributed by atoms with van der Waals surface area (Å²) in [6.45, 7) is 0.905. The normalized spacial score (nSPS) is 17.6. The van der Waals surface area contributed by atoms with Crippen molar-refractivity contribution < 1.29 is 27.4 Å². The molecule has 3 aromatic rings. The molecule has 2 aliphatic rings. The van der Waals surface area contributed by atoms with E-state index in [1.807, 2.05) is 12.1 Å². The van der Waals surface area contributed by atoms with Gasteiger partial charge in [-0.05, 0) is 48.5 Å². The number of nitrogens with zero attached hydrogens (tertiary/aromatic N) is 3. The van der Waals surface area contributed by atoms with Gasteiger partial charge in [0, 0.05) is 26.2 Å². The number of benzene rings is 3. The van der Waals surface area contributed by atoms with Crippen LogP contribution in [-0.2, 0) is 14.8 Å². The van der Waals surface area contributed by atoms with Crippen LogP contribution < -0.4 is 14.2 Å². The zero-order valence-corrected chi connectivity index (χ0v) is 21.1. The van der Waals surface area contributed by atoms with Crippen LogP contribution in [0.3, 0.4) is 0 Å². The van der Waals surface area contributed by atoms with Crippen molar-refractivity contribution in [2.45, 2.75) is 11.0 Å². The maximum atomic E-state index is 13.2. The predicted octanol–water partition coefficient (Wildman–Crippen LogP) is 3.68. The molecule has 0 saturated carbocycles. The molecule has 9 nitrogen and oxygen atoms in total. The van der Waals surface area contributed by atoms with E-state index in [9.17, 15) is 18.5 Å². The third-order valence-corrected chi connectivity index (χ3v) is 8.34. The molecule has 190 valence electrons. The zero-order chi connectivity index (χ0) is 26.0. The molecule has 2 heterocycles. The van der Waals surface area contributed by atoms with Crippen LogP contribution >= 0.6 is 11.6 Å². The minimum absolute atomic E-state index is 0.104. The molecule has 1 atom stereocenters. The third kappa shape index (κ3) is 5.06. The Balaban J connectivity index is 1.21. The highest BCUT2D eigenvalue weighted by Crippen LogP contribution is 2.32. The number of piperazine rings is 1. The molecule has 0 aromatic heterocycles. The van der Waals surface area contributed by atoms with E-state index >= 15 is 0 Å². The van der Waals surface area contributed by atoms with Gasteiger partial charge < -0.3 is 19.1 Å². The van der Waals surface area contributed by atoms with E-state index in [2.05, 4.69) is 0 Å². The Bertz CT molecular complexity index is 1460. The van der Waals surface area contributed by atoms with E-state index in [1.54, 1.807) is 41.3 Å². The lowest BCUT2D eigenvalue weighted by Gasteiger charge is -2.36. The van der Waals surface area contributed by atoms with Crippen molar-refractivity contribution in [1.29, 1.82) is 5.26 Å². The number of halogens is 1. The van der Waals surface area contributed by atoms with Gasteiger partial charge in [-0.1, -0.05) is 29.8 Å². The fraction of sp³-hybridized carbons (Fsp3) is 0.231. The molecule has 0 aliphatic carbocycles. The summed E-state index contributed by atoms with van der Waals surface area (Å²) in [5, 5.41) is 9.57. The first-order chi connectivity index (χ1) is 17.9. The first-order valence-corrected chi connectivity index (χ1v) is 13.3. The van der Waals surface area contributed by atoms with Crippen LogP contribution in [0.15, 0.2) is 71.6 Å². The lowest BCUT2D eigenvalue weighted by molar-refractivity contribution is -0.142. The van der Waals surface area contributed by atoms with Gasteiger partial charge in [0.25, 0.3) is 5.91 Å². The summed E-state index contributed by atoms with van der Waals surface area (Å²) in [6.07, 6.45) is -0.772. The minimum atomic E-state index is -3.77. The second kappa shape index (κ2) is 10.3. The molecular formula is C26H22ClN3O6S. The molecule has 1 unspecified atom stereocenters. The average molecular weight is 540 g/mol. The molecule has 0 spiro atoms. The Hall–Kier alpha value is -3.78. The standard InChI is InChI=1S/C26H22ClN3O6S/c27-21-4-3-7-22(20(21)16-28)35-18-8-10-19(11-9-18)37(32,33)30-14-12-29(13-15-30)26(31)25-17-34-23-5-1-2-6-24(23)36-25/h1-11,25H,12-15,17H2. The maximum Gasteiger partial charge on any atom is 0.267 e. The fourth-order valence-corrected chi connectivity index (χ4v) is 5.78. The van der Waals surface area contributed by atoms with E-state index in [0.717, 1.165) is 0 Å². The summed E-state index contributed by atoms with van der Waals surface area (Å²) in [4.78, 5) is 14.7. The van der Waals surface area contributed by atoms with Crippen molar-refractivity contribution in [2.75, 3.05) is 32.8 Å². The molecular weight excluding hydrogens is 518 g/mol. The van der Waals surface area contributed by atoms with Crippen molar-refractivity contribution >= 4 is 27.5 Å². The van der Waals surface area contributed by atoms with Crippen molar-refractivity contribution in [3.8, 4) is 29.1 Å². The number of sulfonamides is 1. The van der Waals surface area contributed by atoms with Gasteiger partial charge in [-0.3, -0.25) is 4.79 Å². The highest BCUT2D eigenvalue weighted by molar-refractivity contribution is 7.89. The van der Waals surface area contributed by atoms with Gasteiger partial charge in [-0.2, -0.15) is 9.57 Å². The maximum absolute atomic E-state index is 13.2. The molecule has 2 aliphatic heterocycles. The van der Waals surface area contributed by atoms with Gasteiger partial charge in [-0.25, -0.2) is 8.42 Å². The van der Waals surface area contributed by atoms with Gasteiger partial charge in [0.1, 0.15) is 29.7 Å². The van der Waals surface area contributed by atoms with E-state index in [1.165, 1.54) is 28.6 Å². The number of fused-ring (bicyclic) bond motifs is 1. The monoisotopic (exact) mass is 539 g/mol. The summed E-state index contributed by atoms with van der Waals surface area (Å²) in [6, 6.07) is 19.9. The van der Waals surface area contributed by atoms with Crippen LogP contribution in [0.25, 0.3) is 0 Å². The predicted molar refractivity (Wildman–Crippen MR) is 134 cm³/mol. The Morgan fingerprint density at radius 3 is 2.38 bits per heavy atom. The Kier molecular flexibility index (Phi) is 6.93. The molecule has 3 aromatic carbocycles. The molecule has 0 N–H and O–H groups in total. The van der Waals surface area contributed by atoms with Gasteiger partial charge in [0.05, 0.1) is 9.92 Å². The molecule has 11 heteroatoms. The number of rotatable bonds is 5. The summed E-state index contributed by atoms with van der Waals surface area (Å²) in [7, 11) is -3.77. The van der Waals surface area contributed by atoms with Gasteiger partial charge in [-0.15, -0.1) is 0 Å². The Morgan fingerprint density at radius 2 is 1.68 bits per heavy atom. The topological polar surface area (TPSA) is 109 Å². The summed E-state index contributed by atoms with van der Waals surface area (Å²) >= 11 is 6.04. The smallest absolute Gasteiger partial charge is 0.267 e. The number of carbonyl (C=O) groups excluding carboxylic acids is 1. The van der Waals surface area contributed by atoms with Crippen LogP contribution in [0.1, 0.15) is 5.56 Å². The first kappa shape index (κ1) is 24.9. The zero-order valence-electron chi connectivity index (χ0n) is 19.5. The molecule has 1 fully saturated rings. The summed E-state index contributed by atoms with van der Waals surface area (Å²) in [5.74, 6) is 1.52. The SMILES string of the molecule is N#Cc1c(Cl)cccc1Oc1ccc(S(=O)(=O)N2CCN(C(=O)C3COc4ccccc4O3)CC2)cc1. The van der Waals surface area contributed by atoms with E-state index in [4.69, 9.17) is 25.8 Å². The molecule has 5 rings (SSSR count). The lowest BCUT2D eigenvalue weighted by atomic mass is 10.2. The number of amides is 1. The van der Waals surface area contributed by atoms with Crippen LogP contribution in [0.4, 0.5) is 0 Å². The van der Waals surface area contributed by atoms with Gasteiger partial charge in [0.2, 0.25) is 16.1 Å². The number of carbonyl (C=O) groups is 1. The summed E-state index contributed by atoms with van der Waals surface area (Å²) in [5.41, 5.74) is 0.197. The van der Waals surface area contributed by atoms with Gasteiger partial charge in [0.15, 0.2) is 11.5 Å². The molecule has 37 heavy (non-hydrogen) atoms. The second-order valence-electron chi connectivity index (χ2n) is 8.39. The molecule has 1 amide bonds. The number of nitriles is 1. The number of hydrogen-bond acceptors (Lipinski definition) is 7. The number of para-hydroxylation sites is 2. The minimum Gasteiger partial charge on any atom is -0.485 e. The van der Waals surface area contributed by atoms with Crippen LogP contribution in [-0.4, -0.2) is 62.4 Å². The fourth-order valence-electron chi connectivity index (χ4n) is 4.15. The van der Waals surface area contributed by atoms with Crippen LogP contribution in [0.5, 0.6) is 23.0 Å². The summed E-state index contributed by atoms with van der Waals surface area (Å²) < 4.78 is 44.9. The van der Waals surface area contributed by atoms with Crippen molar-refractivity contribution in [2.24, 2.45) is 0 Å². The Labute approximate surface area is 219 Å². The highest BCUT2D eigenvalue weighted by atomic mass is 35.5. The first-order valence-electron chi connectivity index (χ1n) is 11.5. The number of ether oxygens (including phenoxy) is 3. The van der Waals surface area contributed by atoms with E-state index in [0.29, 0.717) is 17.2 Å². The molecule has 0 radical (unpaired) electrons. The number of hydrogen-bond donors (Lipinski definition) is 0. The average Bonchev–Trinajstić information content (AvgIpc) is 2.93. The second-order valence-corrected chi connectivity index (χ2v) is 10.7.